The number of carbonyl (C=O) groups is 1. The number of hydrogen-bond donors (Lipinski definition) is 3. The molecule has 118 valence electrons. The zero-order chi connectivity index (χ0) is 15.9. The van der Waals surface area contributed by atoms with Gasteiger partial charge in [0.1, 0.15) is 18.8 Å². The van der Waals surface area contributed by atoms with Crippen LogP contribution < -0.4 is 5.32 Å². The molecule has 2 rings (SSSR count). The summed E-state index contributed by atoms with van der Waals surface area (Å²) in [5.74, 6) is 0. The molecule has 2 atom stereocenters. The number of carbonyl (C=O) groups excluding carboxylic acids is 1. The van der Waals surface area contributed by atoms with Gasteiger partial charge in [0.05, 0.1) is 0 Å². The van der Waals surface area contributed by atoms with E-state index in [9.17, 15) is 15.0 Å². The normalized spacial score (nSPS) is 13.4. The minimum atomic E-state index is -1.12. The molecule has 0 bridgehead atoms. The maximum Gasteiger partial charge on any atom is 0.407 e. The SMILES string of the molecule is O=C(NCC(O)C(O)c1cscc1Br)OCc1ccccc1. The van der Waals surface area contributed by atoms with Crippen molar-refractivity contribution in [3.63, 3.8) is 0 Å². The van der Waals surface area contributed by atoms with Gasteiger partial charge in [0.25, 0.3) is 0 Å². The maximum absolute atomic E-state index is 11.6. The van der Waals surface area contributed by atoms with Gasteiger partial charge >= 0.3 is 6.09 Å². The van der Waals surface area contributed by atoms with Gasteiger partial charge in [-0.25, -0.2) is 4.79 Å². The Morgan fingerprint density at radius 2 is 2.00 bits per heavy atom. The van der Waals surface area contributed by atoms with Crippen LogP contribution in [0.5, 0.6) is 0 Å². The molecule has 1 aromatic carbocycles. The molecule has 1 heterocycles. The van der Waals surface area contributed by atoms with Crippen LogP contribution in [-0.2, 0) is 11.3 Å². The minimum Gasteiger partial charge on any atom is -0.445 e. The van der Waals surface area contributed by atoms with Crippen molar-refractivity contribution in [3.05, 3.63) is 56.7 Å². The van der Waals surface area contributed by atoms with Gasteiger partial charge in [0.2, 0.25) is 0 Å². The second kappa shape index (κ2) is 8.28. The number of halogens is 1. The van der Waals surface area contributed by atoms with Crippen molar-refractivity contribution in [2.45, 2.75) is 18.8 Å². The summed E-state index contributed by atoms with van der Waals surface area (Å²) in [7, 11) is 0. The van der Waals surface area contributed by atoms with E-state index in [0.717, 1.165) is 10.0 Å². The lowest BCUT2D eigenvalue weighted by Crippen LogP contribution is -2.35. The molecule has 2 aromatic rings. The van der Waals surface area contributed by atoms with Crippen LogP contribution in [-0.4, -0.2) is 29.0 Å². The molecule has 0 saturated carbocycles. The third-order valence-electron chi connectivity index (χ3n) is 2.99. The number of aliphatic hydroxyl groups excluding tert-OH is 2. The molecule has 7 heteroatoms. The van der Waals surface area contributed by atoms with Crippen LogP contribution in [0.25, 0.3) is 0 Å². The number of rotatable bonds is 6. The van der Waals surface area contributed by atoms with Crippen LogP contribution in [0.1, 0.15) is 17.2 Å². The van der Waals surface area contributed by atoms with Gasteiger partial charge < -0.3 is 20.3 Å². The number of amides is 1. The predicted octanol–water partition coefficient (Wildman–Crippen LogP) is 2.83. The molecule has 0 saturated heterocycles. The molecule has 22 heavy (non-hydrogen) atoms. The summed E-state index contributed by atoms with van der Waals surface area (Å²) in [4.78, 5) is 11.6. The molecule has 3 N–H and O–H groups in total. The van der Waals surface area contributed by atoms with Gasteiger partial charge in [-0.1, -0.05) is 30.3 Å². The van der Waals surface area contributed by atoms with Crippen LogP contribution in [0.3, 0.4) is 0 Å². The number of alkyl carbamates (subject to hydrolysis) is 1. The Bertz CT molecular complexity index is 605. The Kier molecular flexibility index (Phi) is 6.38. The summed E-state index contributed by atoms with van der Waals surface area (Å²) in [5, 5.41) is 25.9. The summed E-state index contributed by atoms with van der Waals surface area (Å²) in [6.45, 7) is 0.0540. The van der Waals surface area contributed by atoms with Crippen molar-refractivity contribution in [3.8, 4) is 0 Å². The molecular weight excluding hydrogens is 370 g/mol. The molecule has 2 unspecified atom stereocenters. The van der Waals surface area contributed by atoms with Gasteiger partial charge in [0.15, 0.2) is 0 Å². The fourth-order valence-electron chi connectivity index (χ4n) is 1.78. The van der Waals surface area contributed by atoms with Crippen molar-refractivity contribution < 1.29 is 19.7 Å². The average Bonchev–Trinajstić information content (AvgIpc) is 2.96. The number of thiophene rings is 1. The fourth-order valence-corrected chi connectivity index (χ4v) is 3.34. The first-order valence-corrected chi connectivity index (χ1v) is 8.33. The van der Waals surface area contributed by atoms with E-state index in [0.29, 0.717) is 5.56 Å². The van der Waals surface area contributed by atoms with Crippen molar-refractivity contribution in [1.82, 2.24) is 5.32 Å². The molecule has 1 amide bonds. The standard InChI is InChI=1S/C15H16BrNO4S/c16-12-9-22-8-11(12)14(19)13(18)6-17-15(20)21-7-10-4-2-1-3-5-10/h1-5,8-9,13-14,18-19H,6-7H2,(H,17,20). The van der Waals surface area contributed by atoms with Gasteiger partial charge in [-0.3, -0.25) is 0 Å². The second-order valence-corrected chi connectivity index (χ2v) is 6.23. The highest BCUT2D eigenvalue weighted by molar-refractivity contribution is 9.10. The van der Waals surface area contributed by atoms with Crippen LogP contribution in [0.2, 0.25) is 0 Å². The summed E-state index contributed by atoms with van der Waals surface area (Å²) in [6.07, 6.45) is -2.83. The lowest BCUT2D eigenvalue weighted by Gasteiger charge is -2.18. The Labute approximate surface area is 140 Å². The van der Waals surface area contributed by atoms with Gasteiger partial charge in [-0.05, 0) is 26.9 Å². The van der Waals surface area contributed by atoms with E-state index in [1.807, 2.05) is 35.7 Å². The van der Waals surface area contributed by atoms with Crippen LogP contribution in [0.15, 0.2) is 45.6 Å². The second-order valence-electron chi connectivity index (χ2n) is 4.63. The third kappa shape index (κ3) is 4.81. The lowest BCUT2D eigenvalue weighted by atomic mass is 10.1. The highest BCUT2D eigenvalue weighted by Gasteiger charge is 2.21. The van der Waals surface area contributed by atoms with Crippen LogP contribution in [0.4, 0.5) is 4.79 Å². The minimum absolute atomic E-state index is 0.100. The first-order valence-electron chi connectivity index (χ1n) is 6.60. The largest absolute Gasteiger partial charge is 0.445 e. The summed E-state index contributed by atoms with van der Waals surface area (Å²) < 4.78 is 5.75. The molecule has 0 aliphatic carbocycles. The van der Waals surface area contributed by atoms with Crippen molar-refractivity contribution >= 4 is 33.4 Å². The molecule has 5 nitrogen and oxygen atoms in total. The first-order chi connectivity index (χ1) is 10.6. The van der Waals surface area contributed by atoms with Gasteiger partial charge in [-0.2, -0.15) is 11.3 Å². The molecule has 1 aromatic heterocycles. The summed E-state index contributed by atoms with van der Waals surface area (Å²) in [5.41, 5.74) is 1.47. The highest BCUT2D eigenvalue weighted by Crippen LogP contribution is 2.28. The number of benzene rings is 1. The van der Waals surface area contributed by atoms with E-state index in [1.54, 1.807) is 5.38 Å². The number of ether oxygens (including phenoxy) is 1. The number of aliphatic hydroxyl groups is 2. The summed E-state index contributed by atoms with van der Waals surface area (Å²) >= 11 is 4.71. The first kappa shape index (κ1) is 17.0. The Morgan fingerprint density at radius 3 is 2.64 bits per heavy atom. The van der Waals surface area contributed by atoms with Crippen molar-refractivity contribution in [2.75, 3.05) is 6.54 Å². The predicted molar refractivity (Wildman–Crippen MR) is 87.6 cm³/mol. The van der Waals surface area contributed by atoms with E-state index < -0.39 is 18.3 Å². The van der Waals surface area contributed by atoms with Crippen molar-refractivity contribution in [1.29, 1.82) is 0 Å². The third-order valence-corrected chi connectivity index (χ3v) is 4.75. The lowest BCUT2D eigenvalue weighted by molar-refractivity contribution is 0.0182. The number of hydrogen-bond acceptors (Lipinski definition) is 5. The van der Waals surface area contributed by atoms with Crippen LogP contribution in [0, 0.1) is 0 Å². The monoisotopic (exact) mass is 385 g/mol. The Morgan fingerprint density at radius 1 is 1.27 bits per heavy atom. The topological polar surface area (TPSA) is 78.8 Å². The van der Waals surface area contributed by atoms with Gasteiger partial charge in [0, 0.05) is 22.0 Å². The van der Waals surface area contributed by atoms with E-state index in [-0.39, 0.29) is 13.2 Å². The molecule has 0 aliphatic rings. The summed E-state index contributed by atoms with van der Waals surface area (Å²) in [6, 6.07) is 9.29. The quantitative estimate of drug-likeness (QED) is 0.714. The highest BCUT2D eigenvalue weighted by atomic mass is 79.9. The van der Waals surface area contributed by atoms with Crippen LogP contribution >= 0.6 is 27.3 Å². The molecular formula is C15H16BrNO4S. The number of nitrogens with one attached hydrogen (secondary N) is 1. The average molecular weight is 386 g/mol. The fraction of sp³-hybridized carbons (Fsp3) is 0.267. The van der Waals surface area contributed by atoms with Crippen molar-refractivity contribution in [2.24, 2.45) is 0 Å². The van der Waals surface area contributed by atoms with E-state index >= 15 is 0 Å². The zero-order valence-corrected chi connectivity index (χ0v) is 14.0. The smallest absolute Gasteiger partial charge is 0.407 e. The molecule has 0 radical (unpaired) electrons. The molecule has 0 aliphatic heterocycles. The maximum atomic E-state index is 11.6. The van der Waals surface area contributed by atoms with E-state index in [4.69, 9.17) is 4.74 Å². The Hall–Kier alpha value is -1.41. The van der Waals surface area contributed by atoms with E-state index in [2.05, 4.69) is 21.2 Å². The zero-order valence-electron chi connectivity index (χ0n) is 11.6. The molecule has 0 spiro atoms. The van der Waals surface area contributed by atoms with E-state index in [1.165, 1.54) is 11.3 Å². The van der Waals surface area contributed by atoms with Gasteiger partial charge in [-0.15, -0.1) is 0 Å². The molecule has 0 fully saturated rings. The Balaban J connectivity index is 1.75.